The van der Waals surface area contributed by atoms with Gasteiger partial charge in [0.05, 0.1) is 16.9 Å². The van der Waals surface area contributed by atoms with Crippen molar-refractivity contribution in [1.82, 2.24) is 9.88 Å². The van der Waals surface area contributed by atoms with Gasteiger partial charge >= 0.3 is 0 Å². The summed E-state index contributed by atoms with van der Waals surface area (Å²) in [6.07, 6.45) is 2.80. The van der Waals surface area contributed by atoms with E-state index in [-0.39, 0.29) is 5.54 Å². The largest absolute Gasteiger partial charge is 0.490 e. The van der Waals surface area contributed by atoms with Gasteiger partial charge in [-0.2, -0.15) is 0 Å². The Hall–Kier alpha value is -5.17. The number of pyridine rings is 1. The minimum Gasteiger partial charge on any atom is -0.490 e. The fourth-order valence-electron chi connectivity index (χ4n) is 6.78. The second kappa shape index (κ2) is 16.0. The maximum Gasteiger partial charge on any atom is 0.151 e. The van der Waals surface area contributed by atoms with Gasteiger partial charge in [0, 0.05) is 29.4 Å². The molecular formula is C44H41N3O2S. The van der Waals surface area contributed by atoms with Gasteiger partial charge in [0.25, 0.3) is 0 Å². The number of nitrogens with zero attached hydrogens (tertiary/aromatic N) is 3. The fourth-order valence-corrected chi connectivity index (χ4v) is 8.07. The Morgan fingerprint density at radius 2 is 1.32 bits per heavy atom. The highest BCUT2D eigenvalue weighted by molar-refractivity contribution is 8.00. The zero-order valence-electron chi connectivity index (χ0n) is 28.3. The summed E-state index contributed by atoms with van der Waals surface area (Å²) >= 11 is 2.04. The number of thioether (sulfide) groups is 1. The van der Waals surface area contributed by atoms with E-state index in [0.29, 0.717) is 18.5 Å². The smallest absolute Gasteiger partial charge is 0.151 e. The Labute approximate surface area is 299 Å². The van der Waals surface area contributed by atoms with Crippen LogP contribution < -0.4 is 4.74 Å². The van der Waals surface area contributed by atoms with Gasteiger partial charge in [-0.15, -0.1) is 11.8 Å². The van der Waals surface area contributed by atoms with Crippen LogP contribution in [0.3, 0.4) is 0 Å². The Bertz CT molecular complexity index is 1860. The number of benzene rings is 5. The predicted molar refractivity (Wildman–Crippen MR) is 206 cm³/mol. The van der Waals surface area contributed by atoms with E-state index in [1.807, 2.05) is 49.0 Å². The van der Waals surface area contributed by atoms with Gasteiger partial charge in [0.1, 0.15) is 12.4 Å². The number of ether oxygens (including phenoxy) is 1. The van der Waals surface area contributed by atoms with Crippen LogP contribution in [0.15, 0.2) is 169 Å². The lowest BCUT2D eigenvalue weighted by Gasteiger charge is -2.43. The molecule has 0 amide bonds. The van der Waals surface area contributed by atoms with E-state index in [9.17, 15) is 0 Å². The number of hydrogen-bond donors (Lipinski definition) is 0. The Kier molecular flexibility index (Phi) is 10.7. The maximum atomic E-state index is 5.98. The molecule has 0 radical (unpaired) electrons. The molecule has 50 heavy (non-hydrogen) atoms. The van der Waals surface area contributed by atoms with Crippen molar-refractivity contribution < 1.29 is 9.57 Å². The summed E-state index contributed by atoms with van der Waals surface area (Å²) in [6.45, 7) is 3.71. The van der Waals surface area contributed by atoms with Gasteiger partial charge in [-0.05, 0) is 65.4 Å². The lowest BCUT2D eigenvalue weighted by atomic mass is 9.75. The van der Waals surface area contributed by atoms with Crippen LogP contribution in [0.5, 0.6) is 5.75 Å². The molecule has 5 nitrogen and oxygen atoms in total. The van der Waals surface area contributed by atoms with Crippen LogP contribution in [0.4, 0.5) is 0 Å². The van der Waals surface area contributed by atoms with E-state index in [0.717, 1.165) is 47.1 Å². The molecule has 0 bridgehead atoms. The van der Waals surface area contributed by atoms with Gasteiger partial charge in [-0.3, -0.25) is 9.88 Å². The van der Waals surface area contributed by atoms with Crippen molar-refractivity contribution >= 4 is 17.5 Å². The van der Waals surface area contributed by atoms with Crippen molar-refractivity contribution in [2.75, 3.05) is 25.6 Å². The van der Waals surface area contributed by atoms with Gasteiger partial charge in [-0.1, -0.05) is 139 Å². The molecule has 1 aliphatic rings. The highest BCUT2D eigenvalue weighted by Gasteiger charge is 2.45. The maximum absolute atomic E-state index is 5.98. The average Bonchev–Trinajstić information content (AvgIpc) is 3.65. The molecule has 1 saturated heterocycles. The lowest BCUT2D eigenvalue weighted by Crippen LogP contribution is -2.47. The minimum atomic E-state index is -0.376. The molecule has 5 aromatic carbocycles. The van der Waals surface area contributed by atoms with Gasteiger partial charge < -0.3 is 9.57 Å². The summed E-state index contributed by atoms with van der Waals surface area (Å²) in [5.74, 6) is 1.78. The molecule has 6 heteroatoms. The number of oxime groups is 1. The first-order valence-electron chi connectivity index (χ1n) is 17.1. The molecule has 0 saturated carbocycles. The van der Waals surface area contributed by atoms with Gasteiger partial charge in [-0.25, -0.2) is 0 Å². The zero-order chi connectivity index (χ0) is 34.0. The first-order valence-corrected chi connectivity index (χ1v) is 18.2. The van der Waals surface area contributed by atoms with Crippen LogP contribution in [-0.4, -0.2) is 46.5 Å². The molecule has 0 aliphatic carbocycles. The van der Waals surface area contributed by atoms with Gasteiger partial charge in [0.15, 0.2) is 6.61 Å². The van der Waals surface area contributed by atoms with Crippen LogP contribution >= 0.6 is 11.8 Å². The highest BCUT2D eigenvalue weighted by Crippen LogP contribution is 2.46. The van der Waals surface area contributed by atoms with E-state index >= 15 is 0 Å². The van der Waals surface area contributed by atoms with Crippen LogP contribution in [-0.2, 0) is 16.8 Å². The van der Waals surface area contributed by atoms with E-state index in [4.69, 9.17) is 9.57 Å². The molecule has 1 fully saturated rings. The second-order valence-electron chi connectivity index (χ2n) is 12.4. The van der Waals surface area contributed by atoms with E-state index in [1.165, 1.54) is 22.3 Å². The Morgan fingerprint density at radius 1 is 0.720 bits per heavy atom. The molecule has 0 N–H and O–H groups in total. The summed E-state index contributed by atoms with van der Waals surface area (Å²) in [6, 6.07) is 55.5. The second-order valence-corrected chi connectivity index (χ2v) is 13.7. The standard InChI is InChI=1S/C44H41N3O2S/c1-34(36-22-24-37(25-23-36)43-19-11-12-28-45-43)46-49-30-29-48-41-26-20-35(21-27-41)31-42-32-47(33-50-42)44(38-13-5-2-6-14-38,39-15-7-3-8-16-39)40-17-9-4-10-18-40/h2-28,42H,29-33H2,1H3. The summed E-state index contributed by atoms with van der Waals surface area (Å²) in [7, 11) is 0. The third kappa shape index (κ3) is 7.52. The number of rotatable bonds is 13. The van der Waals surface area contributed by atoms with Crippen molar-refractivity contribution in [1.29, 1.82) is 0 Å². The monoisotopic (exact) mass is 675 g/mol. The zero-order valence-corrected chi connectivity index (χ0v) is 29.1. The molecule has 1 unspecified atom stereocenters. The van der Waals surface area contributed by atoms with Crippen LogP contribution in [0, 0.1) is 0 Å². The summed E-state index contributed by atoms with van der Waals surface area (Å²) in [5, 5.41) is 4.77. The predicted octanol–water partition coefficient (Wildman–Crippen LogP) is 9.48. The summed E-state index contributed by atoms with van der Waals surface area (Å²) in [4.78, 5) is 12.7. The minimum absolute atomic E-state index is 0.367. The highest BCUT2D eigenvalue weighted by atomic mass is 32.2. The van der Waals surface area contributed by atoms with Crippen molar-refractivity contribution in [3.05, 3.63) is 192 Å². The molecule has 6 aromatic rings. The van der Waals surface area contributed by atoms with Gasteiger partial charge in [0.2, 0.25) is 0 Å². The third-order valence-electron chi connectivity index (χ3n) is 9.23. The van der Waals surface area contributed by atoms with E-state index in [2.05, 4.69) is 142 Å². The quantitative estimate of drug-likeness (QED) is 0.0528. The molecule has 1 atom stereocenters. The summed E-state index contributed by atoms with van der Waals surface area (Å²) in [5.41, 5.74) is 8.66. The Balaban J connectivity index is 0.947. The van der Waals surface area contributed by atoms with Crippen molar-refractivity contribution in [2.45, 2.75) is 24.1 Å². The fraction of sp³-hybridized carbons (Fsp3) is 0.182. The molecule has 1 aromatic heterocycles. The number of aromatic nitrogens is 1. The SMILES string of the molecule is CC(=NOCCOc1ccc(CC2CN(C(c3ccccc3)(c3ccccc3)c3ccccc3)CS2)cc1)c1ccc(-c2ccccn2)cc1. The third-order valence-corrected chi connectivity index (χ3v) is 10.5. The topological polar surface area (TPSA) is 47.0 Å². The van der Waals surface area contributed by atoms with Crippen molar-refractivity contribution in [3.63, 3.8) is 0 Å². The molecule has 1 aliphatic heterocycles. The van der Waals surface area contributed by atoms with Crippen molar-refractivity contribution in [2.24, 2.45) is 5.16 Å². The summed E-state index contributed by atoms with van der Waals surface area (Å²) < 4.78 is 5.98. The first kappa shape index (κ1) is 33.3. The van der Waals surface area contributed by atoms with Crippen LogP contribution in [0.1, 0.15) is 34.7 Å². The Morgan fingerprint density at radius 3 is 1.90 bits per heavy atom. The van der Waals surface area contributed by atoms with Crippen molar-refractivity contribution in [3.8, 4) is 17.0 Å². The van der Waals surface area contributed by atoms with E-state index in [1.54, 1.807) is 6.20 Å². The number of hydrogen-bond acceptors (Lipinski definition) is 6. The molecule has 2 heterocycles. The molecule has 250 valence electrons. The lowest BCUT2D eigenvalue weighted by molar-refractivity contribution is 0.107. The average molecular weight is 676 g/mol. The molecule has 0 spiro atoms. The first-order chi connectivity index (χ1) is 24.7. The van der Waals surface area contributed by atoms with Crippen LogP contribution in [0.2, 0.25) is 0 Å². The molecular weight excluding hydrogens is 635 g/mol. The van der Waals surface area contributed by atoms with E-state index < -0.39 is 0 Å². The van der Waals surface area contributed by atoms with Crippen LogP contribution in [0.25, 0.3) is 11.3 Å². The molecule has 7 rings (SSSR count). The normalized spacial score (nSPS) is 15.1.